The Balaban J connectivity index is 1.96. The highest BCUT2D eigenvalue weighted by Gasteiger charge is 2.27. The fraction of sp³-hybridized carbons (Fsp3) is 0.130. The molecule has 0 spiro atoms. The first-order valence-corrected chi connectivity index (χ1v) is 11.2. The van der Waals surface area contributed by atoms with Gasteiger partial charge in [-0.1, -0.05) is 18.2 Å². The Morgan fingerprint density at radius 3 is 2.27 bits per heavy atom. The van der Waals surface area contributed by atoms with Crippen LogP contribution in [0.5, 0.6) is 11.5 Å². The maximum absolute atomic E-state index is 13.4. The first-order chi connectivity index (χ1) is 15.8. The van der Waals surface area contributed by atoms with Crippen LogP contribution in [0.4, 0.5) is 17.1 Å². The van der Waals surface area contributed by atoms with Crippen LogP contribution in [0.25, 0.3) is 0 Å². The fourth-order valence-corrected chi connectivity index (χ4v) is 4.49. The molecule has 0 radical (unpaired) electrons. The van der Waals surface area contributed by atoms with Crippen LogP contribution in [0.2, 0.25) is 0 Å². The van der Waals surface area contributed by atoms with E-state index in [2.05, 4.69) is 12.0 Å². The van der Waals surface area contributed by atoms with Gasteiger partial charge in [0.1, 0.15) is 24.8 Å². The number of amides is 1. The van der Waals surface area contributed by atoms with Gasteiger partial charge in [0.15, 0.2) is 0 Å². The molecule has 0 bridgehead atoms. The standard InChI is InChI=1S/C23H23N3O6S/c1-25(28)17-9-11-18(12-10-17)26(33(29,30)20-7-5-4-6-8-20)16-23(27)24-21-15-19(31-2)13-14-22(21)32-3/h4-15H,1,16H2,2-3H3,(H,24,27). The molecule has 0 fully saturated rings. The van der Waals surface area contributed by atoms with Gasteiger partial charge in [-0.3, -0.25) is 9.10 Å². The number of nitrogens with one attached hydrogen (secondary N) is 1. The number of ether oxygens (including phenoxy) is 2. The molecule has 3 rings (SSSR count). The third kappa shape index (κ3) is 5.42. The number of nitrogens with zero attached hydrogens (tertiary/aromatic N) is 2. The maximum atomic E-state index is 13.4. The third-order valence-corrected chi connectivity index (χ3v) is 6.51. The number of hydrogen-bond donors (Lipinski definition) is 1. The molecule has 0 aliphatic carbocycles. The van der Waals surface area contributed by atoms with E-state index in [-0.39, 0.29) is 16.3 Å². The molecule has 0 aliphatic rings. The van der Waals surface area contributed by atoms with E-state index in [9.17, 15) is 18.4 Å². The zero-order valence-corrected chi connectivity index (χ0v) is 18.9. The summed E-state index contributed by atoms with van der Waals surface area (Å²) in [6.45, 7) is 2.74. The van der Waals surface area contributed by atoms with Gasteiger partial charge in [-0.05, 0) is 36.4 Å². The molecule has 3 aromatic rings. The van der Waals surface area contributed by atoms with Crippen LogP contribution >= 0.6 is 0 Å². The molecule has 0 saturated heterocycles. The number of methoxy groups -OCH3 is 2. The van der Waals surface area contributed by atoms with E-state index in [1.54, 1.807) is 36.4 Å². The molecule has 33 heavy (non-hydrogen) atoms. The molecule has 0 atom stereocenters. The molecule has 0 heterocycles. The molecular formula is C23H23N3O6S. The summed E-state index contributed by atoms with van der Waals surface area (Å²) in [5.41, 5.74) is 0.770. The topological polar surface area (TPSA) is 111 Å². The van der Waals surface area contributed by atoms with Crippen LogP contribution in [-0.4, -0.2) is 46.5 Å². The zero-order chi connectivity index (χ0) is 24.0. The van der Waals surface area contributed by atoms with Gasteiger partial charge >= 0.3 is 0 Å². The Morgan fingerprint density at radius 1 is 1.03 bits per heavy atom. The molecule has 0 aliphatic heterocycles. The predicted molar refractivity (Wildman–Crippen MR) is 126 cm³/mol. The average molecular weight is 470 g/mol. The Bertz CT molecular complexity index is 1240. The highest BCUT2D eigenvalue weighted by molar-refractivity contribution is 7.92. The molecule has 9 nitrogen and oxygen atoms in total. The fourth-order valence-electron chi connectivity index (χ4n) is 3.05. The van der Waals surface area contributed by atoms with Gasteiger partial charge in [0.25, 0.3) is 10.0 Å². The van der Waals surface area contributed by atoms with E-state index in [1.165, 1.54) is 50.6 Å². The summed E-state index contributed by atoms with van der Waals surface area (Å²) >= 11 is 0. The van der Waals surface area contributed by atoms with Crippen molar-refractivity contribution in [3.05, 3.63) is 78.0 Å². The van der Waals surface area contributed by atoms with Crippen molar-refractivity contribution in [2.24, 2.45) is 0 Å². The Labute approximate surface area is 192 Å². The highest BCUT2D eigenvalue weighted by atomic mass is 32.2. The molecule has 10 heteroatoms. The lowest BCUT2D eigenvalue weighted by Gasteiger charge is -2.24. The lowest BCUT2D eigenvalue weighted by molar-refractivity contribution is -0.349. The van der Waals surface area contributed by atoms with Crippen molar-refractivity contribution in [3.63, 3.8) is 0 Å². The number of anilines is 2. The molecule has 0 aromatic heterocycles. The monoisotopic (exact) mass is 469 g/mol. The van der Waals surface area contributed by atoms with Crippen molar-refractivity contribution >= 4 is 39.7 Å². The molecular weight excluding hydrogens is 446 g/mol. The first-order valence-electron chi connectivity index (χ1n) is 9.73. The zero-order valence-electron chi connectivity index (χ0n) is 18.1. The van der Waals surface area contributed by atoms with E-state index in [1.807, 2.05) is 0 Å². The van der Waals surface area contributed by atoms with E-state index < -0.39 is 22.5 Å². The second-order valence-corrected chi connectivity index (χ2v) is 8.70. The summed E-state index contributed by atoms with van der Waals surface area (Å²) in [5, 5.41) is 14.1. The number of hydrogen-bond acceptors (Lipinski definition) is 6. The molecule has 0 saturated carbocycles. The van der Waals surface area contributed by atoms with E-state index in [0.717, 1.165) is 4.31 Å². The van der Waals surface area contributed by atoms with Crippen LogP contribution in [0.15, 0.2) is 77.7 Å². The largest absolute Gasteiger partial charge is 0.619 e. The van der Waals surface area contributed by atoms with Gasteiger partial charge in [0.2, 0.25) is 11.6 Å². The van der Waals surface area contributed by atoms with Gasteiger partial charge < -0.3 is 20.0 Å². The lowest BCUT2D eigenvalue weighted by atomic mass is 10.2. The van der Waals surface area contributed by atoms with Crippen molar-refractivity contribution in [3.8, 4) is 11.5 Å². The molecule has 0 unspecified atom stereocenters. The third-order valence-electron chi connectivity index (χ3n) is 4.72. The maximum Gasteiger partial charge on any atom is 0.264 e. The van der Waals surface area contributed by atoms with Crippen LogP contribution in [0.1, 0.15) is 0 Å². The van der Waals surface area contributed by atoms with Crippen LogP contribution < -0.4 is 19.1 Å². The summed E-state index contributed by atoms with van der Waals surface area (Å²) in [7, 11) is -1.16. The van der Waals surface area contributed by atoms with Gasteiger partial charge in [-0.2, -0.15) is 4.74 Å². The summed E-state index contributed by atoms with van der Waals surface area (Å²) in [6, 6.07) is 18.3. The highest BCUT2D eigenvalue weighted by Crippen LogP contribution is 2.30. The second kappa shape index (κ2) is 10.0. The van der Waals surface area contributed by atoms with Crippen molar-refractivity contribution < 1.29 is 27.4 Å². The van der Waals surface area contributed by atoms with Gasteiger partial charge in [-0.15, -0.1) is 0 Å². The van der Waals surface area contributed by atoms with Crippen molar-refractivity contribution in [1.82, 2.24) is 0 Å². The number of benzene rings is 3. The Morgan fingerprint density at radius 2 is 1.70 bits per heavy atom. The van der Waals surface area contributed by atoms with Crippen molar-refractivity contribution in [2.75, 3.05) is 30.4 Å². The molecule has 172 valence electrons. The van der Waals surface area contributed by atoms with Crippen LogP contribution in [0, 0.1) is 5.21 Å². The molecule has 1 amide bonds. The molecule has 3 aromatic carbocycles. The number of carbonyl (C=O) groups excluding carboxylic acids is 1. The normalized spacial score (nSPS) is 10.8. The predicted octanol–water partition coefficient (Wildman–Crippen LogP) is 3.38. The van der Waals surface area contributed by atoms with Gasteiger partial charge in [0.05, 0.1) is 30.5 Å². The second-order valence-electron chi connectivity index (χ2n) is 6.83. The van der Waals surface area contributed by atoms with E-state index in [0.29, 0.717) is 21.9 Å². The van der Waals surface area contributed by atoms with Crippen molar-refractivity contribution in [1.29, 1.82) is 0 Å². The number of rotatable bonds is 9. The summed E-state index contributed by atoms with van der Waals surface area (Å²) in [4.78, 5) is 13.0. The van der Waals surface area contributed by atoms with Crippen LogP contribution in [0.3, 0.4) is 0 Å². The Hall–Kier alpha value is -4.05. The number of carbonyl (C=O) groups is 1. The Kier molecular flexibility index (Phi) is 7.19. The minimum Gasteiger partial charge on any atom is -0.619 e. The minimum absolute atomic E-state index is 0.0171. The van der Waals surface area contributed by atoms with Crippen molar-refractivity contribution in [2.45, 2.75) is 4.90 Å². The summed E-state index contributed by atoms with van der Waals surface area (Å²) < 4.78 is 38.6. The SMILES string of the molecule is C=[N+]([O-])c1ccc(N(CC(=O)Nc2cc(OC)ccc2OC)S(=O)(=O)c2ccccc2)cc1. The summed E-state index contributed by atoms with van der Waals surface area (Å²) in [6.07, 6.45) is 0. The van der Waals surface area contributed by atoms with Gasteiger partial charge in [0, 0.05) is 18.2 Å². The minimum atomic E-state index is -4.09. The quantitative estimate of drug-likeness (QED) is 0.223. The smallest absolute Gasteiger partial charge is 0.264 e. The average Bonchev–Trinajstić information content (AvgIpc) is 2.83. The van der Waals surface area contributed by atoms with Gasteiger partial charge in [-0.25, -0.2) is 8.42 Å². The molecule has 1 N–H and O–H groups in total. The number of sulfonamides is 1. The summed E-state index contributed by atoms with van der Waals surface area (Å²) in [5.74, 6) is 0.274. The van der Waals surface area contributed by atoms with E-state index in [4.69, 9.17) is 9.47 Å². The van der Waals surface area contributed by atoms with Crippen LogP contribution in [-0.2, 0) is 14.8 Å². The first kappa shape index (κ1) is 23.6. The lowest BCUT2D eigenvalue weighted by Crippen LogP contribution is -2.38. The van der Waals surface area contributed by atoms with E-state index >= 15 is 0 Å².